The van der Waals surface area contributed by atoms with Gasteiger partial charge in [0.1, 0.15) is 0 Å². The monoisotopic (exact) mass is 357 g/mol. The first-order valence-electron chi connectivity index (χ1n) is 8.07. The van der Waals surface area contributed by atoms with Crippen molar-refractivity contribution in [1.29, 1.82) is 5.26 Å². The number of nitriles is 1. The second-order valence-electron chi connectivity index (χ2n) is 4.63. The summed E-state index contributed by atoms with van der Waals surface area (Å²) in [6.45, 7) is -2.38. The first-order chi connectivity index (χ1) is 11.9. The van der Waals surface area contributed by atoms with Crippen LogP contribution in [0.5, 0.6) is 0 Å². The van der Waals surface area contributed by atoms with Gasteiger partial charge in [0.15, 0.2) is 0 Å². The van der Waals surface area contributed by atoms with Crippen LogP contribution in [0.3, 0.4) is 0 Å². The molecule has 5 heteroatoms. The summed E-state index contributed by atoms with van der Waals surface area (Å²) >= 11 is -0.201. The molecule has 0 radical (unpaired) electrons. The summed E-state index contributed by atoms with van der Waals surface area (Å²) < 4.78 is 23.9. The van der Waals surface area contributed by atoms with E-state index < -0.39 is 6.85 Å². The summed E-state index contributed by atoms with van der Waals surface area (Å²) in [4.78, 5) is 12.5. The van der Waals surface area contributed by atoms with E-state index in [2.05, 4.69) is 14.9 Å². The van der Waals surface area contributed by atoms with Gasteiger partial charge in [-0.3, -0.25) is 0 Å². The van der Waals surface area contributed by atoms with E-state index in [1.807, 2.05) is 54.4 Å². The number of benzene rings is 2. The van der Waals surface area contributed by atoms with Gasteiger partial charge in [-0.2, -0.15) is 0 Å². The van der Waals surface area contributed by atoms with E-state index in [1.165, 1.54) is 0 Å². The molecule has 0 aliphatic rings. The third-order valence-corrected chi connectivity index (χ3v) is 4.55. The number of aromatic nitrogens is 2. The Balaban J connectivity index is 2.11. The van der Waals surface area contributed by atoms with Crippen molar-refractivity contribution in [2.45, 2.75) is 6.85 Å². The molecule has 2 aromatic carbocycles. The predicted molar refractivity (Wildman–Crippen MR) is 89.8 cm³/mol. The molecular formula is C17H14N4Se. The van der Waals surface area contributed by atoms with Crippen LogP contribution in [-0.4, -0.2) is 32.0 Å². The Hall–Kier alpha value is -2.41. The van der Waals surface area contributed by atoms with Gasteiger partial charge >= 0.3 is 139 Å². The van der Waals surface area contributed by atoms with Gasteiger partial charge in [0.25, 0.3) is 0 Å². The standard InChI is InChI=1S/C17H14N4Se/c1-12-19-16-6-4-3-5-15(16)17(20-12)21(2)13-7-9-14(10-8-13)22-11-18/h3-10H,1-2H3/i1D3. The Morgan fingerprint density at radius 3 is 2.64 bits per heavy atom. The molecule has 0 fully saturated rings. The van der Waals surface area contributed by atoms with Crippen molar-refractivity contribution in [3.05, 3.63) is 54.4 Å². The first kappa shape index (κ1) is 11.2. The molecule has 108 valence electrons. The molecule has 0 N–H and O–H groups in total. The van der Waals surface area contributed by atoms with E-state index in [0.29, 0.717) is 11.3 Å². The van der Waals surface area contributed by atoms with Crippen LogP contribution < -0.4 is 9.36 Å². The zero-order valence-corrected chi connectivity index (χ0v) is 13.5. The summed E-state index contributed by atoms with van der Waals surface area (Å²) in [5, 5.41) is 9.58. The second-order valence-corrected chi connectivity index (χ2v) is 6.43. The van der Waals surface area contributed by atoms with E-state index in [-0.39, 0.29) is 20.8 Å². The first-order valence-corrected chi connectivity index (χ1v) is 8.28. The number of hydrogen-bond donors (Lipinski definition) is 0. The van der Waals surface area contributed by atoms with Gasteiger partial charge in [-0.05, 0) is 0 Å². The average molecular weight is 356 g/mol. The summed E-state index contributed by atoms with van der Waals surface area (Å²) in [6, 6.07) is 15.0. The van der Waals surface area contributed by atoms with E-state index in [9.17, 15) is 0 Å². The number of anilines is 2. The van der Waals surface area contributed by atoms with Crippen LogP contribution in [-0.2, 0) is 0 Å². The number of para-hydroxylation sites is 1. The summed E-state index contributed by atoms with van der Waals surface area (Å²) in [5.41, 5.74) is 1.45. The van der Waals surface area contributed by atoms with Crippen molar-refractivity contribution in [2.75, 3.05) is 11.9 Å². The van der Waals surface area contributed by atoms with Gasteiger partial charge in [0, 0.05) is 0 Å². The van der Waals surface area contributed by atoms with E-state index >= 15 is 0 Å². The number of rotatable bonds is 3. The fourth-order valence-corrected chi connectivity index (χ4v) is 3.02. The molecule has 22 heavy (non-hydrogen) atoms. The third-order valence-electron chi connectivity index (χ3n) is 3.29. The Morgan fingerprint density at radius 2 is 1.91 bits per heavy atom. The SMILES string of the molecule is [2H]C([2H])([2H])c1nc(N(C)c2ccc([Se]C#N)cc2)c2ccccc2n1. The Morgan fingerprint density at radius 1 is 1.14 bits per heavy atom. The molecule has 1 aromatic heterocycles. The number of aryl methyl sites for hydroxylation is 1. The van der Waals surface area contributed by atoms with Crippen LogP contribution in [0.1, 0.15) is 9.94 Å². The van der Waals surface area contributed by atoms with Gasteiger partial charge in [0.05, 0.1) is 0 Å². The van der Waals surface area contributed by atoms with Crippen LogP contribution in [0.25, 0.3) is 10.9 Å². The fourth-order valence-electron chi connectivity index (χ4n) is 2.23. The maximum atomic E-state index is 8.80. The van der Waals surface area contributed by atoms with Crippen LogP contribution in [0.15, 0.2) is 48.5 Å². The molecule has 0 saturated carbocycles. The van der Waals surface area contributed by atoms with Gasteiger partial charge < -0.3 is 0 Å². The van der Waals surface area contributed by atoms with Crippen LogP contribution in [0.2, 0.25) is 0 Å². The van der Waals surface area contributed by atoms with Crippen LogP contribution in [0, 0.1) is 17.1 Å². The van der Waals surface area contributed by atoms with E-state index in [4.69, 9.17) is 9.37 Å². The van der Waals surface area contributed by atoms with Gasteiger partial charge in [-0.15, -0.1) is 0 Å². The maximum absolute atomic E-state index is 8.80. The summed E-state index contributed by atoms with van der Waals surface area (Å²) in [7, 11) is 1.84. The molecule has 0 amide bonds. The van der Waals surface area contributed by atoms with E-state index in [0.717, 1.165) is 15.5 Å². The Kier molecular flexibility index (Phi) is 3.13. The molecule has 4 nitrogen and oxygen atoms in total. The second kappa shape index (κ2) is 6.15. The topological polar surface area (TPSA) is 52.8 Å². The van der Waals surface area contributed by atoms with Gasteiger partial charge in [-0.1, -0.05) is 0 Å². The summed E-state index contributed by atoms with van der Waals surface area (Å²) in [6.07, 6.45) is 0. The van der Waals surface area contributed by atoms with Crippen molar-refractivity contribution in [1.82, 2.24) is 9.97 Å². The molecule has 0 unspecified atom stereocenters. The quantitative estimate of drug-likeness (QED) is 0.677. The van der Waals surface area contributed by atoms with Crippen molar-refractivity contribution in [3.63, 3.8) is 0 Å². The Labute approximate surface area is 139 Å². The molecular weight excluding hydrogens is 339 g/mol. The Bertz CT molecular complexity index is 949. The molecule has 0 bridgehead atoms. The minimum absolute atomic E-state index is 0.169. The zero-order valence-electron chi connectivity index (χ0n) is 14.8. The minimum atomic E-state index is -2.38. The molecule has 0 saturated heterocycles. The van der Waals surface area contributed by atoms with Crippen molar-refractivity contribution < 1.29 is 4.11 Å². The molecule has 0 spiro atoms. The van der Waals surface area contributed by atoms with Crippen LogP contribution in [0.4, 0.5) is 11.5 Å². The van der Waals surface area contributed by atoms with Gasteiger partial charge in [0.2, 0.25) is 0 Å². The number of hydrogen-bond acceptors (Lipinski definition) is 4. The van der Waals surface area contributed by atoms with Gasteiger partial charge in [-0.25, -0.2) is 0 Å². The molecule has 3 rings (SSSR count). The molecule has 0 aliphatic carbocycles. The molecule has 3 aromatic rings. The van der Waals surface area contributed by atoms with Crippen molar-refractivity contribution in [2.24, 2.45) is 0 Å². The normalized spacial score (nSPS) is 13.0. The fraction of sp³-hybridized carbons (Fsp3) is 0.118. The number of nitrogens with zero attached hydrogens (tertiary/aromatic N) is 4. The molecule has 0 aliphatic heterocycles. The van der Waals surface area contributed by atoms with Crippen molar-refractivity contribution in [3.8, 4) is 4.97 Å². The molecule has 0 atom stereocenters. The third kappa shape index (κ3) is 2.80. The van der Waals surface area contributed by atoms with Crippen molar-refractivity contribution >= 4 is 41.8 Å². The average Bonchev–Trinajstić information content (AvgIpc) is 2.60. The zero-order chi connectivity index (χ0) is 18.0. The van der Waals surface area contributed by atoms with Crippen LogP contribution >= 0.6 is 0 Å². The molecule has 1 heterocycles. The summed E-state index contributed by atoms with van der Waals surface area (Å²) in [5.74, 6) is 0.368. The predicted octanol–water partition coefficient (Wildman–Crippen LogP) is 2.52. The number of fused-ring (bicyclic) bond motifs is 1. The van der Waals surface area contributed by atoms with E-state index in [1.54, 1.807) is 6.07 Å².